The number of likely N-dealkylation sites (N-methyl/N-ethyl adjacent to an activating group) is 1. The van der Waals surface area contributed by atoms with Gasteiger partial charge in [0, 0.05) is 24.5 Å². The average Bonchev–Trinajstić information content (AvgIpc) is 2.27. The Balaban J connectivity index is 2.05. The number of nitrogens with one attached hydrogen (secondary N) is 1. The Labute approximate surface area is 102 Å². The Hall–Kier alpha value is -0.510. The molecule has 1 fully saturated rings. The van der Waals surface area contributed by atoms with Gasteiger partial charge in [0.1, 0.15) is 0 Å². The summed E-state index contributed by atoms with van der Waals surface area (Å²) < 4.78 is 0. The molecule has 0 bridgehead atoms. The standard InChI is InChI=1S/C13H20N2S/c1-10-4-5-12(8-11(10)2)16-13-9-14-6-7-15(13)3/h4-5,8,13-14H,6-7,9H2,1-3H3. The van der Waals surface area contributed by atoms with Crippen LogP contribution in [0.25, 0.3) is 0 Å². The summed E-state index contributed by atoms with van der Waals surface area (Å²) in [6.45, 7) is 7.68. The molecule has 0 radical (unpaired) electrons. The molecule has 1 unspecified atom stereocenters. The van der Waals surface area contributed by atoms with E-state index in [2.05, 4.69) is 49.3 Å². The van der Waals surface area contributed by atoms with Gasteiger partial charge in [-0.05, 0) is 44.2 Å². The molecule has 2 rings (SSSR count). The minimum atomic E-state index is 0.566. The number of hydrogen-bond acceptors (Lipinski definition) is 3. The Morgan fingerprint density at radius 2 is 2.12 bits per heavy atom. The lowest BCUT2D eigenvalue weighted by molar-refractivity contribution is 0.266. The van der Waals surface area contributed by atoms with Crippen molar-refractivity contribution in [2.24, 2.45) is 0 Å². The zero-order chi connectivity index (χ0) is 11.5. The Morgan fingerprint density at radius 1 is 1.31 bits per heavy atom. The minimum Gasteiger partial charge on any atom is -0.313 e. The zero-order valence-corrected chi connectivity index (χ0v) is 11.1. The van der Waals surface area contributed by atoms with Crippen LogP contribution < -0.4 is 5.32 Å². The van der Waals surface area contributed by atoms with Crippen molar-refractivity contribution in [3.8, 4) is 0 Å². The molecule has 1 aromatic carbocycles. The van der Waals surface area contributed by atoms with Gasteiger partial charge in [0.2, 0.25) is 0 Å². The van der Waals surface area contributed by atoms with Crippen LogP contribution in [0.5, 0.6) is 0 Å². The Morgan fingerprint density at radius 3 is 2.81 bits per heavy atom. The number of benzene rings is 1. The Bertz CT molecular complexity index is 365. The SMILES string of the molecule is Cc1ccc(SC2CNCCN2C)cc1C. The Kier molecular flexibility index (Phi) is 3.90. The molecule has 1 aliphatic rings. The van der Waals surface area contributed by atoms with Gasteiger partial charge >= 0.3 is 0 Å². The molecule has 1 aromatic rings. The predicted molar refractivity (Wildman–Crippen MR) is 71.1 cm³/mol. The van der Waals surface area contributed by atoms with Crippen LogP contribution in [0.4, 0.5) is 0 Å². The third-order valence-electron chi connectivity index (χ3n) is 3.20. The average molecular weight is 236 g/mol. The highest BCUT2D eigenvalue weighted by molar-refractivity contribution is 8.00. The normalized spacial score (nSPS) is 22.3. The van der Waals surface area contributed by atoms with E-state index < -0.39 is 0 Å². The first-order valence-corrected chi connectivity index (χ1v) is 6.69. The van der Waals surface area contributed by atoms with Crippen molar-refractivity contribution in [1.29, 1.82) is 0 Å². The van der Waals surface area contributed by atoms with E-state index in [0.29, 0.717) is 5.37 Å². The number of thioether (sulfide) groups is 1. The van der Waals surface area contributed by atoms with Crippen molar-refractivity contribution < 1.29 is 0 Å². The maximum absolute atomic E-state index is 3.45. The number of hydrogen-bond donors (Lipinski definition) is 1. The lowest BCUT2D eigenvalue weighted by Gasteiger charge is -2.32. The van der Waals surface area contributed by atoms with E-state index >= 15 is 0 Å². The summed E-state index contributed by atoms with van der Waals surface area (Å²) in [5, 5.41) is 4.01. The second-order valence-electron chi connectivity index (χ2n) is 4.50. The molecule has 1 saturated heterocycles. The largest absolute Gasteiger partial charge is 0.313 e. The molecule has 1 N–H and O–H groups in total. The lowest BCUT2D eigenvalue weighted by atomic mass is 10.1. The van der Waals surface area contributed by atoms with E-state index in [4.69, 9.17) is 0 Å². The maximum atomic E-state index is 3.45. The number of rotatable bonds is 2. The molecule has 0 amide bonds. The van der Waals surface area contributed by atoms with Crippen molar-refractivity contribution in [3.63, 3.8) is 0 Å². The molecule has 1 aliphatic heterocycles. The van der Waals surface area contributed by atoms with E-state index in [1.165, 1.54) is 16.0 Å². The topological polar surface area (TPSA) is 15.3 Å². The molecule has 16 heavy (non-hydrogen) atoms. The van der Waals surface area contributed by atoms with Crippen molar-refractivity contribution >= 4 is 11.8 Å². The summed E-state index contributed by atoms with van der Waals surface area (Å²) >= 11 is 1.96. The molecule has 1 atom stereocenters. The van der Waals surface area contributed by atoms with Gasteiger partial charge in [-0.3, -0.25) is 4.90 Å². The highest BCUT2D eigenvalue weighted by Gasteiger charge is 2.19. The summed E-state index contributed by atoms with van der Waals surface area (Å²) in [7, 11) is 2.21. The zero-order valence-electron chi connectivity index (χ0n) is 10.3. The minimum absolute atomic E-state index is 0.566. The smallest absolute Gasteiger partial charge is 0.0728 e. The third kappa shape index (κ3) is 2.78. The molecule has 3 heteroatoms. The van der Waals surface area contributed by atoms with Crippen LogP contribution in [-0.4, -0.2) is 37.0 Å². The van der Waals surface area contributed by atoms with Crippen molar-refractivity contribution in [1.82, 2.24) is 10.2 Å². The van der Waals surface area contributed by atoms with Crippen LogP contribution in [0.2, 0.25) is 0 Å². The summed E-state index contributed by atoms with van der Waals surface area (Å²) in [6, 6.07) is 6.74. The van der Waals surface area contributed by atoms with E-state index in [-0.39, 0.29) is 0 Å². The van der Waals surface area contributed by atoms with Crippen LogP contribution in [0, 0.1) is 13.8 Å². The quantitative estimate of drug-likeness (QED) is 0.848. The van der Waals surface area contributed by atoms with Crippen LogP contribution >= 0.6 is 11.8 Å². The van der Waals surface area contributed by atoms with Gasteiger partial charge < -0.3 is 5.32 Å². The third-order valence-corrected chi connectivity index (χ3v) is 4.53. The van der Waals surface area contributed by atoms with E-state index in [1.807, 2.05) is 11.8 Å². The van der Waals surface area contributed by atoms with Gasteiger partial charge in [0.15, 0.2) is 0 Å². The fraction of sp³-hybridized carbons (Fsp3) is 0.538. The van der Waals surface area contributed by atoms with Crippen LogP contribution in [0.1, 0.15) is 11.1 Å². The van der Waals surface area contributed by atoms with Crippen molar-refractivity contribution in [2.75, 3.05) is 26.7 Å². The van der Waals surface area contributed by atoms with Crippen molar-refractivity contribution in [2.45, 2.75) is 24.1 Å². The molecule has 0 aromatic heterocycles. The molecule has 0 aliphatic carbocycles. The first-order valence-electron chi connectivity index (χ1n) is 5.81. The summed E-state index contributed by atoms with van der Waals surface area (Å²) in [5.41, 5.74) is 2.76. The molecular weight excluding hydrogens is 216 g/mol. The van der Waals surface area contributed by atoms with Gasteiger partial charge in [-0.25, -0.2) is 0 Å². The van der Waals surface area contributed by atoms with E-state index in [1.54, 1.807) is 0 Å². The number of piperazine rings is 1. The first-order chi connectivity index (χ1) is 7.66. The van der Waals surface area contributed by atoms with Gasteiger partial charge in [-0.1, -0.05) is 6.07 Å². The molecule has 0 spiro atoms. The van der Waals surface area contributed by atoms with Crippen molar-refractivity contribution in [3.05, 3.63) is 29.3 Å². The van der Waals surface area contributed by atoms with Crippen LogP contribution in [0.15, 0.2) is 23.1 Å². The predicted octanol–water partition coefficient (Wildman–Crippen LogP) is 2.26. The lowest BCUT2D eigenvalue weighted by Crippen LogP contribution is -2.47. The maximum Gasteiger partial charge on any atom is 0.0728 e. The van der Waals surface area contributed by atoms with Gasteiger partial charge in [-0.15, -0.1) is 11.8 Å². The summed E-state index contributed by atoms with van der Waals surface area (Å²) in [6.07, 6.45) is 0. The summed E-state index contributed by atoms with van der Waals surface area (Å²) in [4.78, 5) is 3.81. The second kappa shape index (κ2) is 5.21. The molecule has 88 valence electrons. The van der Waals surface area contributed by atoms with Gasteiger partial charge in [0.25, 0.3) is 0 Å². The highest BCUT2D eigenvalue weighted by Crippen LogP contribution is 2.27. The first kappa shape index (κ1) is 12.0. The molecule has 0 saturated carbocycles. The molecule has 2 nitrogen and oxygen atoms in total. The number of aryl methyl sites for hydroxylation is 2. The molecular formula is C13H20N2S. The fourth-order valence-electron chi connectivity index (χ4n) is 1.86. The van der Waals surface area contributed by atoms with Gasteiger partial charge in [-0.2, -0.15) is 0 Å². The monoisotopic (exact) mass is 236 g/mol. The van der Waals surface area contributed by atoms with Crippen LogP contribution in [0.3, 0.4) is 0 Å². The summed E-state index contributed by atoms with van der Waals surface area (Å²) in [5.74, 6) is 0. The number of nitrogens with zero attached hydrogens (tertiary/aromatic N) is 1. The highest BCUT2D eigenvalue weighted by atomic mass is 32.2. The van der Waals surface area contributed by atoms with E-state index in [9.17, 15) is 0 Å². The second-order valence-corrected chi connectivity index (χ2v) is 5.75. The fourth-order valence-corrected chi connectivity index (χ4v) is 3.05. The van der Waals surface area contributed by atoms with E-state index in [0.717, 1.165) is 19.6 Å². The van der Waals surface area contributed by atoms with Gasteiger partial charge in [0.05, 0.1) is 5.37 Å². The molecule has 1 heterocycles. The van der Waals surface area contributed by atoms with Crippen LogP contribution in [-0.2, 0) is 0 Å².